The zero-order valence-corrected chi connectivity index (χ0v) is 19.3. The summed E-state index contributed by atoms with van der Waals surface area (Å²) in [6.07, 6.45) is 0. The summed E-state index contributed by atoms with van der Waals surface area (Å²) in [7, 11) is 0. The average Bonchev–Trinajstić information content (AvgIpc) is 2.79. The van der Waals surface area contributed by atoms with E-state index in [-0.39, 0.29) is 34.7 Å². The summed E-state index contributed by atoms with van der Waals surface area (Å²) >= 11 is 6.69. The smallest absolute Gasteiger partial charge is 0.344 e. The van der Waals surface area contributed by atoms with E-state index in [1.165, 1.54) is 36.4 Å². The minimum Gasteiger partial charge on any atom is -0.421 e. The van der Waals surface area contributed by atoms with Gasteiger partial charge in [-0.2, -0.15) is 5.26 Å². The molecular formula is C22H13Br2N3O5. The van der Waals surface area contributed by atoms with E-state index in [0.29, 0.717) is 14.5 Å². The second-order valence-electron chi connectivity index (χ2n) is 6.38. The highest BCUT2D eigenvalue weighted by atomic mass is 79.9. The molecule has 0 spiro atoms. The largest absolute Gasteiger partial charge is 0.421 e. The number of nitrogens with one attached hydrogen (secondary N) is 1. The highest BCUT2D eigenvalue weighted by molar-refractivity contribution is 9.11. The third-order valence-corrected chi connectivity index (χ3v) is 5.38. The molecule has 1 N–H and O–H groups in total. The van der Waals surface area contributed by atoms with Gasteiger partial charge in [0.15, 0.2) is 0 Å². The lowest BCUT2D eigenvalue weighted by Gasteiger charge is -2.14. The number of hydrogen-bond acceptors (Lipinski definition) is 6. The molecule has 0 aliphatic rings. The van der Waals surface area contributed by atoms with Crippen LogP contribution in [0.1, 0.15) is 31.8 Å². The van der Waals surface area contributed by atoms with Crippen molar-refractivity contribution in [2.45, 2.75) is 6.54 Å². The molecule has 0 unspecified atom stereocenters. The van der Waals surface area contributed by atoms with E-state index < -0.39 is 16.8 Å². The van der Waals surface area contributed by atoms with Gasteiger partial charge in [-0.25, -0.2) is 4.79 Å². The van der Waals surface area contributed by atoms with Crippen LogP contribution in [0.3, 0.4) is 0 Å². The van der Waals surface area contributed by atoms with Gasteiger partial charge in [-0.05, 0) is 46.3 Å². The molecule has 0 aromatic heterocycles. The molecule has 0 heterocycles. The van der Waals surface area contributed by atoms with E-state index in [1.807, 2.05) is 6.07 Å². The Hall–Kier alpha value is -3.55. The van der Waals surface area contributed by atoms with Crippen LogP contribution in [0.25, 0.3) is 0 Å². The number of nitro groups is 1. The summed E-state index contributed by atoms with van der Waals surface area (Å²) in [5, 5.41) is 23.0. The highest BCUT2D eigenvalue weighted by Crippen LogP contribution is 2.34. The lowest BCUT2D eigenvalue weighted by Crippen LogP contribution is -2.24. The summed E-state index contributed by atoms with van der Waals surface area (Å²) in [5.41, 5.74) is 0.283. The monoisotopic (exact) mass is 557 g/mol. The number of amides is 1. The number of hydrogen-bond donors (Lipinski definition) is 1. The summed E-state index contributed by atoms with van der Waals surface area (Å²) in [6, 6.07) is 17.1. The van der Waals surface area contributed by atoms with Gasteiger partial charge in [0.25, 0.3) is 11.6 Å². The maximum absolute atomic E-state index is 12.7. The van der Waals surface area contributed by atoms with Crippen LogP contribution in [-0.2, 0) is 6.54 Å². The maximum atomic E-state index is 12.7. The second kappa shape index (κ2) is 10.2. The Morgan fingerprint density at radius 2 is 1.72 bits per heavy atom. The van der Waals surface area contributed by atoms with Crippen molar-refractivity contribution in [3.8, 4) is 11.8 Å². The van der Waals surface area contributed by atoms with Crippen molar-refractivity contribution in [3.63, 3.8) is 0 Å². The van der Waals surface area contributed by atoms with Crippen LogP contribution in [0.2, 0.25) is 0 Å². The molecule has 3 rings (SSSR count). The van der Waals surface area contributed by atoms with Crippen molar-refractivity contribution >= 4 is 49.4 Å². The Morgan fingerprint density at radius 1 is 1.06 bits per heavy atom. The van der Waals surface area contributed by atoms with Crippen LogP contribution in [0.4, 0.5) is 5.69 Å². The predicted octanol–water partition coefficient (Wildman–Crippen LogP) is 5.14. The molecular weight excluding hydrogens is 546 g/mol. The molecule has 0 saturated heterocycles. The van der Waals surface area contributed by atoms with Crippen molar-refractivity contribution in [2.75, 3.05) is 0 Å². The lowest BCUT2D eigenvalue weighted by molar-refractivity contribution is -0.385. The second-order valence-corrected chi connectivity index (χ2v) is 8.15. The van der Waals surface area contributed by atoms with Crippen molar-refractivity contribution < 1.29 is 19.2 Å². The molecule has 8 nitrogen and oxygen atoms in total. The first kappa shape index (κ1) is 23.1. The molecule has 0 fully saturated rings. The number of nitriles is 1. The number of nitro benzene ring substituents is 1. The summed E-state index contributed by atoms with van der Waals surface area (Å²) in [4.78, 5) is 35.8. The third kappa shape index (κ3) is 5.19. The zero-order chi connectivity index (χ0) is 23.3. The summed E-state index contributed by atoms with van der Waals surface area (Å²) in [5.74, 6) is -1.24. The first-order valence-corrected chi connectivity index (χ1v) is 10.6. The quantitative estimate of drug-likeness (QED) is 0.193. The normalized spacial score (nSPS) is 10.2. The minimum absolute atomic E-state index is 0.0779. The first-order valence-electron chi connectivity index (χ1n) is 9.02. The molecule has 32 heavy (non-hydrogen) atoms. The van der Waals surface area contributed by atoms with E-state index >= 15 is 0 Å². The topological polar surface area (TPSA) is 122 Å². The highest BCUT2D eigenvalue weighted by Gasteiger charge is 2.21. The molecule has 0 aliphatic carbocycles. The van der Waals surface area contributed by atoms with Crippen LogP contribution in [0, 0.1) is 21.4 Å². The first-order chi connectivity index (χ1) is 15.3. The van der Waals surface area contributed by atoms with Gasteiger partial charge in [0, 0.05) is 22.6 Å². The van der Waals surface area contributed by atoms with E-state index in [4.69, 9.17) is 4.74 Å². The van der Waals surface area contributed by atoms with Crippen LogP contribution >= 0.6 is 31.9 Å². The molecule has 160 valence electrons. The third-order valence-electron chi connectivity index (χ3n) is 4.33. The molecule has 1 amide bonds. The fourth-order valence-corrected chi connectivity index (χ4v) is 4.26. The molecule has 0 saturated carbocycles. The number of benzene rings is 3. The summed E-state index contributed by atoms with van der Waals surface area (Å²) < 4.78 is 6.63. The lowest BCUT2D eigenvalue weighted by atomic mass is 10.1. The van der Waals surface area contributed by atoms with Crippen LogP contribution in [0.15, 0.2) is 69.6 Å². The number of para-hydroxylation sites is 1. The zero-order valence-electron chi connectivity index (χ0n) is 16.2. The molecule has 3 aromatic rings. The SMILES string of the molecule is N#Cc1ccccc1C(=O)Oc1c(Br)cc(Br)cc1CNC(=O)c1ccccc1[N+](=O)[O-]. The van der Waals surface area contributed by atoms with Crippen molar-refractivity contribution in [2.24, 2.45) is 0 Å². The Bertz CT molecular complexity index is 1270. The summed E-state index contributed by atoms with van der Waals surface area (Å²) in [6.45, 7) is -0.0779. The predicted molar refractivity (Wildman–Crippen MR) is 122 cm³/mol. The Labute approximate surface area is 199 Å². The number of rotatable bonds is 6. The molecule has 10 heteroatoms. The maximum Gasteiger partial charge on any atom is 0.344 e. The van der Waals surface area contributed by atoms with Crippen molar-refractivity contribution in [3.05, 3.63) is 102 Å². The average molecular weight is 559 g/mol. The molecule has 0 radical (unpaired) electrons. The molecule has 3 aromatic carbocycles. The van der Waals surface area contributed by atoms with Gasteiger partial charge in [-0.3, -0.25) is 14.9 Å². The van der Waals surface area contributed by atoms with E-state index in [2.05, 4.69) is 37.2 Å². The molecule has 0 aliphatic heterocycles. The molecule has 0 bridgehead atoms. The van der Waals surface area contributed by atoms with Crippen LogP contribution < -0.4 is 10.1 Å². The number of esters is 1. The standard InChI is InChI=1S/C22H13Br2N3O5/c23-15-9-14(12-26-21(28)17-7-3-4-8-19(17)27(30)31)20(18(24)10-15)32-22(29)16-6-2-1-5-13(16)11-25/h1-10H,12H2,(H,26,28). The fraction of sp³-hybridized carbons (Fsp3) is 0.0455. The van der Waals surface area contributed by atoms with Gasteiger partial charge in [0.1, 0.15) is 17.4 Å². The van der Waals surface area contributed by atoms with Crippen molar-refractivity contribution in [1.29, 1.82) is 5.26 Å². The Balaban J connectivity index is 1.87. The van der Waals surface area contributed by atoms with Gasteiger partial charge in [-0.15, -0.1) is 0 Å². The van der Waals surface area contributed by atoms with E-state index in [1.54, 1.807) is 24.3 Å². The van der Waals surface area contributed by atoms with E-state index in [9.17, 15) is 25.0 Å². The molecule has 0 atom stereocenters. The fourth-order valence-electron chi connectivity index (χ4n) is 2.86. The van der Waals surface area contributed by atoms with Gasteiger partial charge in [-0.1, -0.05) is 40.2 Å². The number of carbonyl (C=O) groups excluding carboxylic acids is 2. The number of halogens is 2. The van der Waals surface area contributed by atoms with Crippen LogP contribution in [-0.4, -0.2) is 16.8 Å². The minimum atomic E-state index is -0.739. The Kier molecular flexibility index (Phi) is 7.35. The van der Waals surface area contributed by atoms with E-state index in [0.717, 1.165) is 0 Å². The number of ether oxygens (including phenoxy) is 1. The van der Waals surface area contributed by atoms with Crippen molar-refractivity contribution in [1.82, 2.24) is 5.32 Å². The van der Waals surface area contributed by atoms with Crippen LogP contribution in [0.5, 0.6) is 5.75 Å². The van der Waals surface area contributed by atoms with Gasteiger partial charge in [0.2, 0.25) is 0 Å². The Morgan fingerprint density at radius 3 is 2.41 bits per heavy atom. The van der Waals surface area contributed by atoms with Gasteiger partial charge >= 0.3 is 5.97 Å². The number of carbonyl (C=O) groups is 2. The van der Waals surface area contributed by atoms with Gasteiger partial charge in [0.05, 0.1) is 20.5 Å². The van der Waals surface area contributed by atoms with Gasteiger partial charge < -0.3 is 10.1 Å². The number of nitrogens with zero attached hydrogens (tertiary/aromatic N) is 2.